The number of morpholine rings is 1. The van der Waals surface area contributed by atoms with Crippen molar-refractivity contribution in [2.24, 2.45) is 0 Å². The Labute approximate surface area is 119 Å². The molecule has 1 heterocycles. The van der Waals surface area contributed by atoms with Gasteiger partial charge in [0, 0.05) is 24.8 Å². The maximum Gasteiger partial charge on any atom is 0.120 e. The Morgan fingerprint density at radius 1 is 1.05 bits per heavy atom. The summed E-state index contributed by atoms with van der Waals surface area (Å²) in [6.07, 6.45) is 0. The van der Waals surface area contributed by atoms with Crippen molar-refractivity contribution in [1.29, 1.82) is 0 Å². The highest BCUT2D eigenvalue weighted by molar-refractivity contribution is 5.48. The van der Waals surface area contributed by atoms with Crippen LogP contribution in [0.2, 0.25) is 0 Å². The summed E-state index contributed by atoms with van der Waals surface area (Å²) in [5.41, 5.74) is 2.28. The van der Waals surface area contributed by atoms with Crippen LogP contribution in [0, 0.1) is 6.07 Å². The minimum atomic E-state index is 0.589. The van der Waals surface area contributed by atoms with E-state index in [2.05, 4.69) is 29.2 Å². The first kappa shape index (κ1) is 13.0. The summed E-state index contributed by atoms with van der Waals surface area (Å²) in [5.74, 6) is 0.853. The fraction of sp³-hybridized carbons (Fsp3) is 0.294. The third kappa shape index (κ3) is 3.31. The quantitative estimate of drug-likeness (QED) is 0.851. The fourth-order valence-electron chi connectivity index (χ4n) is 2.23. The van der Waals surface area contributed by atoms with Crippen molar-refractivity contribution in [2.45, 2.75) is 6.61 Å². The van der Waals surface area contributed by atoms with E-state index in [0.717, 1.165) is 37.7 Å². The van der Waals surface area contributed by atoms with E-state index in [1.54, 1.807) is 0 Å². The Hall–Kier alpha value is -2.00. The minimum absolute atomic E-state index is 0.589. The lowest BCUT2D eigenvalue weighted by Crippen LogP contribution is -2.36. The van der Waals surface area contributed by atoms with Crippen molar-refractivity contribution >= 4 is 5.69 Å². The first-order valence-electron chi connectivity index (χ1n) is 6.93. The zero-order valence-electron chi connectivity index (χ0n) is 11.4. The SMILES string of the molecule is [c]1cc(OCc2ccccc2)ccc1N1CCOCC1. The highest BCUT2D eigenvalue weighted by Crippen LogP contribution is 2.20. The van der Waals surface area contributed by atoms with Gasteiger partial charge >= 0.3 is 0 Å². The molecule has 2 aromatic rings. The zero-order valence-corrected chi connectivity index (χ0v) is 11.4. The monoisotopic (exact) mass is 268 g/mol. The molecule has 1 radical (unpaired) electrons. The summed E-state index contributed by atoms with van der Waals surface area (Å²) < 4.78 is 11.1. The number of anilines is 1. The lowest BCUT2D eigenvalue weighted by Gasteiger charge is -2.28. The van der Waals surface area contributed by atoms with E-state index in [-0.39, 0.29) is 0 Å². The second kappa shape index (κ2) is 6.44. The van der Waals surface area contributed by atoms with Crippen molar-refractivity contribution < 1.29 is 9.47 Å². The molecule has 0 unspecified atom stereocenters. The van der Waals surface area contributed by atoms with Crippen LogP contribution in [0.25, 0.3) is 0 Å². The highest BCUT2D eigenvalue weighted by Gasteiger charge is 2.11. The molecule has 0 aliphatic carbocycles. The summed E-state index contributed by atoms with van der Waals surface area (Å²) in [7, 11) is 0. The molecular weight excluding hydrogens is 250 g/mol. The van der Waals surface area contributed by atoms with Gasteiger partial charge in [-0.3, -0.25) is 0 Å². The van der Waals surface area contributed by atoms with Gasteiger partial charge in [-0.15, -0.1) is 0 Å². The van der Waals surface area contributed by atoms with Crippen LogP contribution in [0.5, 0.6) is 5.75 Å². The molecule has 0 spiro atoms. The first-order chi connectivity index (χ1) is 9.92. The van der Waals surface area contributed by atoms with Gasteiger partial charge < -0.3 is 14.4 Å². The summed E-state index contributed by atoms with van der Waals surface area (Å²) in [6, 6.07) is 19.4. The molecule has 1 saturated heterocycles. The third-order valence-electron chi connectivity index (χ3n) is 3.37. The standard InChI is InChI=1S/C17H18NO2/c1-2-4-15(5-3-1)14-20-17-8-6-16(7-9-17)18-10-12-19-13-11-18/h1-6,8-9H,10-14H2. The molecular formula is C17H18NO2. The molecule has 1 aliphatic rings. The number of ether oxygens (including phenoxy) is 2. The minimum Gasteiger partial charge on any atom is -0.489 e. The number of nitrogens with zero attached hydrogens (tertiary/aromatic N) is 1. The zero-order chi connectivity index (χ0) is 13.6. The van der Waals surface area contributed by atoms with Crippen LogP contribution in [0.15, 0.2) is 48.5 Å². The molecule has 3 rings (SSSR count). The maximum atomic E-state index is 5.76. The van der Waals surface area contributed by atoms with Gasteiger partial charge in [-0.25, -0.2) is 0 Å². The van der Waals surface area contributed by atoms with Crippen molar-refractivity contribution in [3.05, 3.63) is 60.2 Å². The van der Waals surface area contributed by atoms with Gasteiger partial charge in [0.05, 0.1) is 13.2 Å². The molecule has 0 N–H and O–H groups in total. The molecule has 1 aliphatic heterocycles. The molecule has 20 heavy (non-hydrogen) atoms. The summed E-state index contributed by atoms with van der Waals surface area (Å²) in [5, 5.41) is 0. The van der Waals surface area contributed by atoms with Crippen LogP contribution < -0.4 is 9.64 Å². The molecule has 0 amide bonds. The highest BCUT2D eigenvalue weighted by atomic mass is 16.5. The Balaban J connectivity index is 1.58. The largest absolute Gasteiger partial charge is 0.489 e. The Morgan fingerprint density at radius 2 is 1.85 bits per heavy atom. The average Bonchev–Trinajstić information content (AvgIpc) is 2.55. The van der Waals surface area contributed by atoms with Gasteiger partial charge in [0.2, 0.25) is 0 Å². The topological polar surface area (TPSA) is 21.7 Å². The predicted octanol–water partition coefficient (Wildman–Crippen LogP) is 2.90. The number of rotatable bonds is 4. The van der Waals surface area contributed by atoms with E-state index in [9.17, 15) is 0 Å². The van der Waals surface area contributed by atoms with Crippen molar-refractivity contribution in [3.63, 3.8) is 0 Å². The van der Waals surface area contributed by atoms with Crippen LogP contribution >= 0.6 is 0 Å². The lowest BCUT2D eigenvalue weighted by atomic mass is 10.2. The predicted molar refractivity (Wildman–Crippen MR) is 79.1 cm³/mol. The molecule has 1 fully saturated rings. The van der Waals surface area contributed by atoms with E-state index in [1.807, 2.05) is 30.3 Å². The first-order valence-corrected chi connectivity index (χ1v) is 6.93. The van der Waals surface area contributed by atoms with Crippen molar-refractivity contribution in [3.8, 4) is 5.75 Å². The maximum absolute atomic E-state index is 5.76. The van der Waals surface area contributed by atoms with Crippen molar-refractivity contribution in [1.82, 2.24) is 0 Å². The fourth-order valence-corrected chi connectivity index (χ4v) is 2.23. The van der Waals surface area contributed by atoms with E-state index < -0.39 is 0 Å². The van der Waals surface area contributed by atoms with Gasteiger partial charge in [0.25, 0.3) is 0 Å². The molecule has 0 bridgehead atoms. The molecule has 0 atom stereocenters. The molecule has 3 nitrogen and oxygen atoms in total. The average molecular weight is 268 g/mol. The van der Waals surface area contributed by atoms with Gasteiger partial charge in [0.1, 0.15) is 12.4 Å². The smallest absolute Gasteiger partial charge is 0.120 e. The number of hydrogen-bond donors (Lipinski definition) is 0. The normalized spacial score (nSPS) is 15.1. The number of hydrogen-bond acceptors (Lipinski definition) is 3. The molecule has 103 valence electrons. The van der Waals surface area contributed by atoms with Crippen LogP contribution in [0.3, 0.4) is 0 Å². The lowest BCUT2D eigenvalue weighted by molar-refractivity contribution is 0.122. The molecule has 0 saturated carbocycles. The second-order valence-corrected chi connectivity index (χ2v) is 4.78. The summed E-state index contributed by atoms with van der Waals surface area (Å²) >= 11 is 0. The summed E-state index contributed by atoms with van der Waals surface area (Å²) in [4.78, 5) is 2.28. The molecule has 0 aromatic heterocycles. The van der Waals surface area contributed by atoms with Gasteiger partial charge in [0.15, 0.2) is 0 Å². The molecule has 3 heteroatoms. The van der Waals surface area contributed by atoms with E-state index in [1.165, 1.54) is 5.56 Å². The van der Waals surface area contributed by atoms with Gasteiger partial charge in [-0.05, 0) is 23.8 Å². The van der Waals surface area contributed by atoms with E-state index in [4.69, 9.17) is 9.47 Å². The third-order valence-corrected chi connectivity index (χ3v) is 3.37. The summed E-state index contributed by atoms with van der Waals surface area (Å²) in [6.45, 7) is 4.03. The van der Waals surface area contributed by atoms with Crippen LogP contribution in [-0.2, 0) is 11.3 Å². The Bertz CT molecular complexity index is 518. The number of benzene rings is 2. The molecule has 2 aromatic carbocycles. The van der Waals surface area contributed by atoms with E-state index in [0.29, 0.717) is 6.61 Å². The van der Waals surface area contributed by atoms with Gasteiger partial charge in [-0.1, -0.05) is 30.3 Å². The van der Waals surface area contributed by atoms with Crippen LogP contribution in [0.4, 0.5) is 5.69 Å². The van der Waals surface area contributed by atoms with Crippen molar-refractivity contribution in [2.75, 3.05) is 31.2 Å². The van der Waals surface area contributed by atoms with E-state index >= 15 is 0 Å². The van der Waals surface area contributed by atoms with Crippen LogP contribution in [-0.4, -0.2) is 26.3 Å². The van der Waals surface area contributed by atoms with Crippen LogP contribution in [0.1, 0.15) is 5.56 Å². The Kier molecular flexibility index (Phi) is 4.19. The Morgan fingerprint density at radius 3 is 2.55 bits per heavy atom. The second-order valence-electron chi connectivity index (χ2n) is 4.78. The van der Waals surface area contributed by atoms with Gasteiger partial charge in [-0.2, -0.15) is 0 Å².